The summed E-state index contributed by atoms with van der Waals surface area (Å²) in [6, 6.07) is 3.30. The number of amides is 1. The highest BCUT2D eigenvalue weighted by Crippen LogP contribution is 2.52. The minimum atomic E-state index is -5.02. The molecule has 1 atom stereocenters. The van der Waals surface area contributed by atoms with Crippen LogP contribution in [0.3, 0.4) is 0 Å². The van der Waals surface area contributed by atoms with Gasteiger partial charge in [0.2, 0.25) is 0 Å². The van der Waals surface area contributed by atoms with Crippen molar-refractivity contribution in [2.24, 2.45) is 0 Å². The Labute approximate surface area is 225 Å². The smallest absolute Gasteiger partial charge is 0.416 e. The van der Waals surface area contributed by atoms with Gasteiger partial charge in [-0.25, -0.2) is 10.1 Å². The molecule has 2 aromatic heterocycles. The minimum absolute atomic E-state index is 0.00457. The molecule has 1 unspecified atom stereocenters. The van der Waals surface area contributed by atoms with E-state index in [-0.39, 0.29) is 51.7 Å². The van der Waals surface area contributed by atoms with Crippen LogP contribution in [0.2, 0.25) is 5.02 Å². The third kappa shape index (κ3) is 5.60. The van der Waals surface area contributed by atoms with Crippen LogP contribution in [-0.4, -0.2) is 50.5 Å². The molecule has 208 valence electrons. The van der Waals surface area contributed by atoms with Gasteiger partial charge in [0.1, 0.15) is 10.8 Å². The highest BCUT2D eigenvalue weighted by atomic mass is 35.5. The number of hydrogen-bond donors (Lipinski definition) is 2. The number of tetrazole rings is 1. The van der Waals surface area contributed by atoms with Crippen LogP contribution in [0, 0.1) is 0 Å². The second kappa shape index (κ2) is 10.1. The van der Waals surface area contributed by atoms with Gasteiger partial charge in [0, 0.05) is 35.1 Å². The lowest BCUT2D eigenvalue weighted by Gasteiger charge is -2.41. The molecule has 2 N–H and O–H groups in total. The molecule has 0 spiro atoms. The summed E-state index contributed by atoms with van der Waals surface area (Å²) >= 11 is 7.50. The number of carbonyl (C=O) groups excluding carboxylic acids is 1. The number of aromatic nitrogens is 5. The summed E-state index contributed by atoms with van der Waals surface area (Å²) in [6.07, 6.45) is -8.04. The molecule has 3 aromatic rings. The Morgan fingerprint density at radius 2 is 1.95 bits per heavy atom. The van der Waals surface area contributed by atoms with Gasteiger partial charge in [0.25, 0.3) is 5.91 Å². The lowest BCUT2D eigenvalue weighted by atomic mass is 9.78. The van der Waals surface area contributed by atoms with E-state index >= 15 is 0 Å². The zero-order valence-electron chi connectivity index (χ0n) is 19.8. The molecule has 0 bridgehead atoms. The van der Waals surface area contributed by atoms with Crippen molar-refractivity contribution in [2.75, 3.05) is 6.61 Å². The number of nitrogens with zero attached hydrogens (tertiary/aromatic N) is 4. The number of carbonyl (C=O) groups is 1. The summed E-state index contributed by atoms with van der Waals surface area (Å²) < 4.78 is 87.1. The van der Waals surface area contributed by atoms with Gasteiger partial charge in [0.15, 0.2) is 11.4 Å². The summed E-state index contributed by atoms with van der Waals surface area (Å²) in [4.78, 5) is 18.6. The van der Waals surface area contributed by atoms with Crippen molar-refractivity contribution in [1.29, 1.82) is 0 Å². The zero-order chi connectivity index (χ0) is 28.0. The highest BCUT2D eigenvalue weighted by Gasteiger charge is 2.61. The average Bonchev–Trinajstić information content (AvgIpc) is 3.33. The molecule has 16 heteroatoms. The van der Waals surface area contributed by atoms with Crippen LogP contribution in [0.15, 0.2) is 24.4 Å². The fraction of sp³-hybridized carbons (Fsp3) is 0.435. The molecule has 1 aromatic carbocycles. The maximum absolute atomic E-state index is 14.9. The van der Waals surface area contributed by atoms with Gasteiger partial charge < -0.3 is 10.1 Å². The predicted octanol–water partition coefficient (Wildman–Crippen LogP) is 5.80. The lowest BCUT2D eigenvalue weighted by Crippen LogP contribution is -2.58. The average molecular weight is 593 g/mol. The molecule has 39 heavy (non-hydrogen) atoms. The van der Waals surface area contributed by atoms with E-state index in [0.717, 1.165) is 29.9 Å². The molecule has 5 rings (SSSR count). The van der Waals surface area contributed by atoms with E-state index in [2.05, 4.69) is 30.9 Å². The summed E-state index contributed by atoms with van der Waals surface area (Å²) in [5, 5.41) is 15.0. The van der Waals surface area contributed by atoms with Crippen LogP contribution < -0.4 is 10.1 Å². The van der Waals surface area contributed by atoms with Gasteiger partial charge in [0.05, 0.1) is 17.2 Å². The Hall–Kier alpha value is -3.20. The number of hydrogen-bond acceptors (Lipinski definition) is 7. The number of nitrogens with one attached hydrogen (secondary N) is 2. The van der Waals surface area contributed by atoms with Gasteiger partial charge >= 0.3 is 12.4 Å². The first-order valence-electron chi connectivity index (χ1n) is 11.7. The number of H-pyrrole nitrogens is 1. The Morgan fingerprint density at radius 1 is 1.18 bits per heavy atom. The van der Waals surface area contributed by atoms with Crippen LogP contribution in [-0.2, 0) is 10.3 Å². The summed E-state index contributed by atoms with van der Waals surface area (Å²) in [5.41, 5.74) is -3.58. The molecule has 1 amide bonds. The second-order valence-electron chi connectivity index (χ2n) is 9.19. The molecule has 0 radical (unpaired) electrons. The van der Waals surface area contributed by atoms with E-state index in [1.165, 1.54) is 17.4 Å². The summed E-state index contributed by atoms with van der Waals surface area (Å²) in [7, 11) is 0. The molecule has 0 saturated heterocycles. The lowest BCUT2D eigenvalue weighted by molar-refractivity contribution is -0.201. The van der Waals surface area contributed by atoms with Crippen molar-refractivity contribution in [3.63, 3.8) is 0 Å². The number of alkyl halides is 6. The van der Waals surface area contributed by atoms with Crippen molar-refractivity contribution < 1.29 is 35.9 Å². The van der Waals surface area contributed by atoms with Crippen LogP contribution in [0.4, 0.5) is 26.3 Å². The topological polar surface area (TPSA) is 106 Å². The predicted molar refractivity (Wildman–Crippen MR) is 128 cm³/mol. The first kappa shape index (κ1) is 27.4. The Morgan fingerprint density at radius 3 is 2.56 bits per heavy atom. The molecule has 8 nitrogen and oxygen atoms in total. The monoisotopic (exact) mass is 592 g/mol. The number of halogens is 7. The molecule has 1 saturated carbocycles. The van der Waals surface area contributed by atoms with Crippen LogP contribution in [0.1, 0.15) is 59.3 Å². The van der Waals surface area contributed by atoms with Crippen molar-refractivity contribution in [2.45, 2.75) is 55.9 Å². The molecule has 3 heterocycles. The van der Waals surface area contributed by atoms with Crippen molar-refractivity contribution in [1.82, 2.24) is 30.9 Å². The SMILES string of the molecule is O=C1NC(c2ccc(OCCCC(F)(F)F)cc2Cl)(C(F)(F)F)CC(c2ncc(C3CC3)s2)=C1c1nnn[nH]1. The number of thiazole rings is 1. The molecule has 1 aliphatic carbocycles. The fourth-order valence-corrected chi connectivity index (χ4v) is 5.82. The molecular formula is C23H19ClF6N6O2S. The van der Waals surface area contributed by atoms with E-state index in [9.17, 15) is 31.1 Å². The third-order valence-electron chi connectivity index (χ3n) is 6.40. The summed E-state index contributed by atoms with van der Waals surface area (Å²) in [6.45, 7) is -0.314. The van der Waals surface area contributed by atoms with Gasteiger partial charge in [-0.1, -0.05) is 17.7 Å². The van der Waals surface area contributed by atoms with E-state index in [4.69, 9.17) is 16.3 Å². The Kier molecular flexibility index (Phi) is 7.07. The molecule has 2 aliphatic rings. The maximum atomic E-state index is 14.9. The number of rotatable bonds is 8. The second-order valence-corrected chi connectivity index (χ2v) is 10.7. The number of benzene rings is 1. The van der Waals surface area contributed by atoms with Gasteiger partial charge in [-0.05, 0) is 47.7 Å². The normalized spacial score (nSPS) is 20.3. The first-order valence-corrected chi connectivity index (χ1v) is 12.9. The fourth-order valence-electron chi connectivity index (χ4n) is 4.35. The third-order valence-corrected chi connectivity index (χ3v) is 7.93. The molecule has 1 aliphatic heterocycles. The van der Waals surface area contributed by atoms with Crippen LogP contribution in [0.5, 0.6) is 5.75 Å². The standard InChI is InChI=1S/C23H19ClF6N6O2S/c24-15-8-12(38-7-1-6-22(25,26)27)4-5-14(15)21(23(28,29)30)9-13(20-31-10-16(39-20)11-2-3-11)17(19(37)32-21)18-33-35-36-34-18/h4-5,8,10-11H,1-3,6-7,9H2,(H,32,37)(H,33,34,35,36). The highest BCUT2D eigenvalue weighted by molar-refractivity contribution is 7.13. The van der Waals surface area contributed by atoms with Gasteiger partial charge in [-0.15, -0.1) is 16.4 Å². The maximum Gasteiger partial charge on any atom is 0.416 e. The number of aromatic amines is 1. The summed E-state index contributed by atoms with van der Waals surface area (Å²) in [5.74, 6) is -0.923. The Bertz CT molecular complexity index is 1400. The Balaban J connectivity index is 1.53. The van der Waals surface area contributed by atoms with E-state index in [1.807, 2.05) is 0 Å². The largest absolute Gasteiger partial charge is 0.494 e. The quantitative estimate of drug-likeness (QED) is 0.253. The first-order chi connectivity index (χ1) is 18.4. The minimum Gasteiger partial charge on any atom is -0.494 e. The number of ether oxygens (including phenoxy) is 1. The van der Waals surface area contributed by atoms with Gasteiger partial charge in [-0.2, -0.15) is 26.3 Å². The molecular weight excluding hydrogens is 574 g/mol. The van der Waals surface area contributed by atoms with E-state index < -0.39 is 42.2 Å². The van der Waals surface area contributed by atoms with Gasteiger partial charge in [-0.3, -0.25) is 4.79 Å². The van der Waals surface area contributed by atoms with Crippen LogP contribution >= 0.6 is 22.9 Å². The van der Waals surface area contributed by atoms with E-state index in [0.29, 0.717) is 0 Å². The molecule has 1 fully saturated rings. The van der Waals surface area contributed by atoms with E-state index in [1.54, 1.807) is 6.20 Å². The zero-order valence-corrected chi connectivity index (χ0v) is 21.4. The van der Waals surface area contributed by atoms with Crippen molar-refractivity contribution >= 4 is 40.0 Å². The van der Waals surface area contributed by atoms with Crippen molar-refractivity contribution in [3.05, 3.63) is 50.7 Å². The van der Waals surface area contributed by atoms with Crippen molar-refractivity contribution in [3.8, 4) is 5.75 Å². The van der Waals surface area contributed by atoms with Crippen LogP contribution in [0.25, 0.3) is 11.1 Å².